The van der Waals surface area contributed by atoms with Gasteiger partial charge in [0, 0.05) is 0 Å². The average molecular weight is 349 g/mol. The van der Waals surface area contributed by atoms with Gasteiger partial charge in [0.2, 0.25) is 0 Å². The van der Waals surface area contributed by atoms with Crippen LogP contribution in [-0.4, -0.2) is 38.4 Å². The summed E-state index contributed by atoms with van der Waals surface area (Å²) in [6.45, 7) is 4.28. The SMILES string of the molecule is COC(=O)C/C=C/[C@H](C)[C@@H](NC(=O)OC)[C@@H](C)OCc1ccccc1. The molecule has 1 aromatic rings. The van der Waals surface area contributed by atoms with E-state index in [1.54, 1.807) is 6.08 Å². The van der Waals surface area contributed by atoms with E-state index in [1.807, 2.05) is 50.3 Å². The fraction of sp³-hybridized carbons (Fsp3) is 0.474. The molecule has 25 heavy (non-hydrogen) atoms. The maximum atomic E-state index is 11.6. The maximum Gasteiger partial charge on any atom is 0.407 e. The molecule has 6 heteroatoms. The molecule has 0 heterocycles. The Balaban J connectivity index is 2.69. The fourth-order valence-corrected chi connectivity index (χ4v) is 2.36. The van der Waals surface area contributed by atoms with Crippen LogP contribution in [0.5, 0.6) is 0 Å². The molecule has 0 saturated carbocycles. The summed E-state index contributed by atoms with van der Waals surface area (Å²) in [5.41, 5.74) is 1.06. The Morgan fingerprint density at radius 1 is 1.12 bits per heavy atom. The number of carbonyl (C=O) groups excluding carboxylic acids is 2. The summed E-state index contributed by atoms with van der Waals surface area (Å²) >= 11 is 0. The van der Waals surface area contributed by atoms with E-state index >= 15 is 0 Å². The summed E-state index contributed by atoms with van der Waals surface area (Å²) in [7, 11) is 2.67. The lowest BCUT2D eigenvalue weighted by molar-refractivity contribution is -0.139. The first-order valence-corrected chi connectivity index (χ1v) is 8.21. The summed E-state index contributed by atoms with van der Waals surface area (Å²) in [6, 6.07) is 9.51. The van der Waals surface area contributed by atoms with Gasteiger partial charge in [-0.15, -0.1) is 0 Å². The molecule has 0 aliphatic carbocycles. The molecule has 1 aromatic carbocycles. The molecule has 0 unspecified atom stereocenters. The summed E-state index contributed by atoms with van der Waals surface area (Å²) in [4.78, 5) is 22.8. The van der Waals surface area contributed by atoms with Crippen LogP contribution in [0.4, 0.5) is 4.79 Å². The topological polar surface area (TPSA) is 73.9 Å². The van der Waals surface area contributed by atoms with Crippen LogP contribution in [0.15, 0.2) is 42.5 Å². The van der Waals surface area contributed by atoms with Gasteiger partial charge in [0.25, 0.3) is 0 Å². The van der Waals surface area contributed by atoms with Crippen molar-refractivity contribution in [3.8, 4) is 0 Å². The Labute approximate surface area is 149 Å². The number of alkyl carbamates (subject to hydrolysis) is 1. The van der Waals surface area contributed by atoms with Crippen molar-refractivity contribution in [3.63, 3.8) is 0 Å². The average Bonchev–Trinajstić information content (AvgIpc) is 2.64. The molecule has 138 valence electrons. The standard InChI is InChI=1S/C19H27NO5/c1-14(9-8-12-17(21)23-3)18(20-19(22)24-4)15(2)25-13-16-10-6-5-7-11-16/h5-11,14-15,18H,12-13H2,1-4H3,(H,20,22)/b9-8+/t14-,15+,18+/m0/s1. The van der Waals surface area contributed by atoms with Crippen molar-refractivity contribution in [2.24, 2.45) is 5.92 Å². The highest BCUT2D eigenvalue weighted by molar-refractivity contribution is 5.70. The molecule has 1 N–H and O–H groups in total. The maximum absolute atomic E-state index is 11.6. The minimum atomic E-state index is -0.520. The minimum absolute atomic E-state index is 0.0606. The molecule has 0 aliphatic heterocycles. The second kappa shape index (κ2) is 11.3. The van der Waals surface area contributed by atoms with Gasteiger partial charge in [-0.3, -0.25) is 4.79 Å². The van der Waals surface area contributed by atoms with Crippen molar-refractivity contribution in [1.82, 2.24) is 5.32 Å². The Bertz CT molecular complexity index is 558. The van der Waals surface area contributed by atoms with Crippen LogP contribution in [0, 0.1) is 5.92 Å². The lowest BCUT2D eigenvalue weighted by atomic mass is 9.96. The van der Waals surface area contributed by atoms with E-state index in [1.165, 1.54) is 14.2 Å². The monoisotopic (exact) mass is 349 g/mol. The fourth-order valence-electron chi connectivity index (χ4n) is 2.36. The minimum Gasteiger partial charge on any atom is -0.469 e. The second-order valence-electron chi connectivity index (χ2n) is 5.73. The molecule has 0 aromatic heterocycles. The number of benzene rings is 1. The van der Waals surface area contributed by atoms with Gasteiger partial charge in [0.15, 0.2) is 0 Å². The Kier molecular flexibility index (Phi) is 9.32. The zero-order valence-corrected chi connectivity index (χ0v) is 15.2. The molecular formula is C19H27NO5. The van der Waals surface area contributed by atoms with Crippen molar-refractivity contribution in [1.29, 1.82) is 0 Å². The van der Waals surface area contributed by atoms with Gasteiger partial charge in [-0.2, -0.15) is 0 Å². The van der Waals surface area contributed by atoms with Crippen LogP contribution >= 0.6 is 0 Å². The van der Waals surface area contributed by atoms with E-state index in [0.717, 1.165) is 5.56 Å². The first-order valence-electron chi connectivity index (χ1n) is 8.21. The van der Waals surface area contributed by atoms with Gasteiger partial charge >= 0.3 is 12.1 Å². The van der Waals surface area contributed by atoms with Gasteiger partial charge in [-0.05, 0) is 18.4 Å². The van der Waals surface area contributed by atoms with Crippen LogP contribution < -0.4 is 5.32 Å². The van der Waals surface area contributed by atoms with Gasteiger partial charge in [-0.25, -0.2) is 4.79 Å². The Morgan fingerprint density at radius 2 is 1.80 bits per heavy atom. The predicted molar refractivity (Wildman–Crippen MR) is 95.0 cm³/mol. The van der Waals surface area contributed by atoms with E-state index in [0.29, 0.717) is 6.61 Å². The molecule has 0 saturated heterocycles. The molecular weight excluding hydrogens is 322 g/mol. The number of hydrogen-bond donors (Lipinski definition) is 1. The molecule has 1 amide bonds. The third-order valence-electron chi connectivity index (χ3n) is 3.85. The zero-order valence-electron chi connectivity index (χ0n) is 15.2. The van der Waals surface area contributed by atoms with Gasteiger partial charge < -0.3 is 19.5 Å². The van der Waals surface area contributed by atoms with E-state index in [2.05, 4.69) is 10.1 Å². The zero-order chi connectivity index (χ0) is 18.7. The Morgan fingerprint density at radius 3 is 2.40 bits per heavy atom. The van der Waals surface area contributed by atoms with Crippen LogP contribution in [0.3, 0.4) is 0 Å². The molecule has 0 aliphatic rings. The number of amides is 1. The number of nitrogens with one attached hydrogen (secondary N) is 1. The van der Waals surface area contributed by atoms with E-state index in [4.69, 9.17) is 9.47 Å². The number of carbonyl (C=O) groups is 2. The summed E-state index contributed by atoms with van der Waals surface area (Å²) in [6.07, 6.45) is 3.00. The highest BCUT2D eigenvalue weighted by atomic mass is 16.5. The number of ether oxygens (including phenoxy) is 3. The molecule has 0 radical (unpaired) electrons. The van der Waals surface area contributed by atoms with Gasteiger partial charge in [-0.1, -0.05) is 49.4 Å². The molecule has 6 nitrogen and oxygen atoms in total. The first-order chi connectivity index (χ1) is 12.0. The molecule has 0 spiro atoms. The van der Waals surface area contributed by atoms with Crippen LogP contribution in [0.1, 0.15) is 25.8 Å². The number of methoxy groups -OCH3 is 2. The van der Waals surface area contributed by atoms with E-state index in [-0.39, 0.29) is 30.5 Å². The molecule has 1 rings (SSSR count). The first kappa shape index (κ1) is 20.7. The smallest absolute Gasteiger partial charge is 0.407 e. The molecule has 0 fully saturated rings. The third kappa shape index (κ3) is 7.85. The molecule has 0 bridgehead atoms. The lowest BCUT2D eigenvalue weighted by Gasteiger charge is -2.28. The van der Waals surface area contributed by atoms with Crippen molar-refractivity contribution in [3.05, 3.63) is 48.0 Å². The highest BCUT2D eigenvalue weighted by Crippen LogP contribution is 2.15. The highest BCUT2D eigenvalue weighted by Gasteiger charge is 2.25. The Hall–Kier alpha value is -2.34. The van der Waals surface area contributed by atoms with Gasteiger partial charge in [0.1, 0.15) is 0 Å². The van der Waals surface area contributed by atoms with E-state index in [9.17, 15) is 9.59 Å². The normalized spacial score (nSPS) is 14.6. The van der Waals surface area contributed by atoms with Crippen molar-refractivity contribution in [2.45, 2.75) is 39.0 Å². The number of rotatable bonds is 9. The summed E-state index contributed by atoms with van der Waals surface area (Å²) < 4.78 is 15.2. The van der Waals surface area contributed by atoms with Crippen LogP contribution in [0.25, 0.3) is 0 Å². The van der Waals surface area contributed by atoms with Crippen molar-refractivity contribution >= 4 is 12.1 Å². The second-order valence-corrected chi connectivity index (χ2v) is 5.73. The molecule has 3 atom stereocenters. The van der Waals surface area contributed by atoms with Gasteiger partial charge in [0.05, 0.1) is 39.4 Å². The van der Waals surface area contributed by atoms with E-state index < -0.39 is 6.09 Å². The number of esters is 1. The largest absolute Gasteiger partial charge is 0.469 e. The van der Waals surface area contributed by atoms with Crippen LogP contribution in [0.2, 0.25) is 0 Å². The number of hydrogen-bond acceptors (Lipinski definition) is 5. The quantitative estimate of drug-likeness (QED) is 0.548. The van der Waals surface area contributed by atoms with Crippen molar-refractivity contribution in [2.75, 3.05) is 14.2 Å². The van der Waals surface area contributed by atoms with Crippen molar-refractivity contribution < 1.29 is 23.8 Å². The lowest BCUT2D eigenvalue weighted by Crippen LogP contribution is -2.46. The third-order valence-corrected chi connectivity index (χ3v) is 3.85. The van der Waals surface area contributed by atoms with Crippen LogP contribution in [-0.2, 0) is 25.6 Å². The predicted octanol–water partition coefficient (Wildman–Crippen LogP) is 3.07. The summed E-state index contributed by atoms with van der Waals surface area (Å²) in [5.74, 6) is -0.371. The summed E-state index contributed by atoms with van der Waals surface area (Å²) in [5, 5.41) is 2.80.